The number of H-pyrrole nitrogens is 1. The summed E-state index contributed by atoms with van der Waals surface area (Å²) >= 11 is 5.23. The Morgan fingerprint density at radius 1 is 1.26 bits per heavy atom. The fraction of sp³-hybridized carbons (Fsp3) is 0.333. The Labute approximate surface area is 118 Å². The highest BCUT2D eigenvalue weighted by Crippen LogP contribution is 2.22. The molecular weight excluding hydrogens is 256 g/mol. The number of hydrogen-bond donors (Lipinski definition) is 1. The van der Waals surface area contributed by atoms with Crippen molar-refractivity contribution in [2.45, 2.75) is 27.4 Å². The first kappa shape index (κ1) is 13.9. The largest absolute Gasteiger partial charge is 0.374 e. The monoisotopic (exact) mass is 274 g/mol. The number of nitrogens with zero attached hydrogens (tertiary/aromatic N) is 1. The standard InChI is InChI=1S/C15H18N2OS/c1-4-18-9-14-16-13(8-15(19)17-14)12-7-10(2)5-6-11(12)3/h5-8H,4,9H2,1-3H3,(H,16,17,19). The molecule has 2 rings (SSSR count). The molecule has 4 heteroatoms. The van der Waals surface area contributed by atoms with Crippen LogP contribution < -0.4 is 0 Å². The van der Waals surface area contributed by atoms with Gasteiger partial charge in [0, 0.05) is 12.2 Å². The quantitative estimate of drug-likeness (QED) is 0.858. The molecule has 0 aliphatic heterocycles. The minimum absolute atomic E-state index is 0.457. The van der Waals surface area contributed by atoms with Crippen molar-refractivity contribution in [1.29, 1.82) is 0 Å². The van der Waals surface area contributed by atoms with Crippen LogP contribution in [0, 0.1) is 18.5 Å². The van der Waals surface area contributed by atoms with Crippen molar-refractivity contribution in [1.82, 2.24) is 9.97 Å². The molecule has 100 valence electrons. The van der Waals surface area contributed by atoms with Crippen LogP contribution in [0.25, 0.3) is 11.3 Å². The van der Waals surface area contributed by atoms with Crippen LogP contribution in [0.2, 0.25) is 0 Å². The number of hydrogen-bond acceptors (Lipinski definition) is 3. The molecule has 0 fully saturated rings. The number of aryl methyl sites for hydroxylation is 2. The van der Waals surface area contributed by atoms with Crippen LogP contribution in [0.4, 0.5) is 0 Å². The Kier molecular flexibility index (Phi) is 4.45. The molecule has 1 N–H and O–H groups in total. The van der Waals surface area contributed by atoms with Gasteiger partial charge in [0.2, 0.25) is 0 Å². The van der Waals surface area contributed by atoms with E-state index in [4.69, 9.17) is 17.0 Å². The fourth-order valence-electron chi connectivity index (χ4n) is 1.95. The van der Waals surface area contributed by atoms with Gasteiger partial charge in [0.1, 0.15) is 17.1 Å². The van der Waals surface area contributed by atoms with E-state index >= 15 is 0 Å². The molecule has 19 heavy (non-hydrogen) atoms. The van der Waals surface area contributed by atoms with Crippen LogP contribution in [0.15, 0.2) is 24.3 Å². The first-order chi connectivity index (χ1) is 9.10. The van der Waals surface area contributed by atoms with Gasteiger partial charge in [-0.1, -0.05) is 29.9 Å². The molecule has 0 aliphatic rings. The van der Waals surface area contributed by atoms with E-state index in [0.29, 0.717) is 17.9 Å². The summed E-state index contributed by atoms with van der Waals surface area (Å²) < 4.78 is 5.97. The van der Waals surface area contributed by atoms with E-state index in [1.165, 1.54) is 11.1 Å². The highest BCUT2D eigenvalue weighted by Gasteiger charge is 2.05. The normalized spacial score (nSPS) is 10.7. The van der Waals surface area contributed by atoms with Crippen LogP contribution >= 0.6 is 12.2 Å². The van der Waals surface area contributed by atoms with E-state index in [-0.39, 0.29) is 0 Å². The molecule has 0 saturated carbocycles. The summed E-state index contributed by atoms with van der Waals surface area (Å²) in [6.45, 7) is 7.26. The number of benzene rings is 1. The average Bonchev–Trinajstić information content (AvgIpc) is 2.38. The lowest BCUT2D eigenvalue weighted by Crippen LogP contribution is -2.01. The topological polar surface area (TPSA) is 37.9 Å². The summed E-state index contributed by atoms with van der Waals surface area (Å²) in [6, 6.07) is 8.27. The van der Waals surface area contributed by atoms with Crippen LogP contribution in [0.5, 0.6) is 0 Å². The number of aromatic amines is 1. The second kappa shape index (κ2) is 6.08. The molecule has 1 aromatic heterocycles. The Bertz CT molecular complexity index is 634. The number of rotatable bonds is 4. The summed E-state index contributed by atoms with van der Waals surface area (Å²) in [5.41, 5.74) is 4.59. The highest BCUT2D eigenvalue weighted by molar-refractivity contribution is 7.71. The van der Waals surface area contributed by atoms with E-state index in [1.807, 2.05) is 13.0 Å². The third kappa shape index (κ3) is 3.49. The van der Waals surface area contributed by atoms with Crippen LogP contribution in [-0.4, -0.2) is 16.6 Å². The van der Waals surface area contributed by atoms with E-state index < -0.39 is 0 Å². The average molecular weight is 274 g/mol. The summed E-state index contributed by atoms with van der Waals surface area (Å²) in [5.74, 6) is 0.769. The molecule has 2 aromatic rings. The van der Waals surface area contributed by atoms with E-state index in [0.717, 1.165) is 17.1 Å². The molecule has 0 unspecified atom stereocenters. The van der Waals surface area contributed by atoms with Gasteiger partial charge in [0.05, 0.1) is 5.69 Å². The van der Waals surface area contributed by atoms with E-state index in [9.17, 15) is 0 Å². The lowest BCUT2D eigenvalue weighted by Gasteiger charge is -2.09. The molecule has 0 saturated heterocycles. The first-order valence-electron chi connectivity index (χ1n) is 6.35. The van der Waals surface area contributed by atoms with Crippen molar-refractivity contribution in [3.63, 3.8) is 0 Å². The maximum atomic E-state index is 5.38. The molecule has 0 bridgehead atoms. The van der Waals surface area contributed by atoms with Gasteiger partial charge < -0.3 is 9.72 Å². The van der Waals surface area contributed by atoms with Crippen molar-refractivity contribution < 1.29 is 4.74 Å². The fourth-order valence-corrected chi connectivity index (χ4v) is 2.17. The molecule has 1 aromatic carbocycles. The van der Waals surface area contributed by atoms with Gasteiger partial charge in [0.15, 0.2) is 0 Å². The molecule has 0 radical (unpaired) electrons. The molecule has 1 heterocycles. The molecule has 0 aliphatic carbocycles. The predicted molar refractivity (Wildman–Crippen MR) is 79.7 cm³/mol. The van der Waals surface area contributed by atoms with Crippen LogP contribution in [-0.2, 0) is 11.3 Å². The number of aromatic nitrogens is 2. The summed E-state index contributed by atoms with van der Waals surface area (Å²) in [5, 5.41) is 0. The summed E-state index contributed by atoms with van der Waals surface area (Å²) in [7, 11) is 0. The zero-order chi connectivity index (χ0) is 13.8. The van der Waals surface area contributed by atoms with Gasteiger partial charge in [-0.2, -0.15) is 0 Å². The number of nitrogens with one attached hydrogen (secondary N) is 1. The van der Waals surface area contributed by atoms with Gasteiger partial charge in [-0.05, 0) is 38.5 Å². The Hall–Kier alpha value is -1.52. The molecular formula is C15H18N2OS. The van der Waals surface area contributed by atoms with E-state index in [2.05, 4.69) is 42.0 Å². The van der Waals surface area contributed by atoms with Gasteiger partial charge in [-0.25, -0.2) is 4.98 Å². The summed E-state index contributed by atoms with van der Waals surface area (Å²) in [4.78, 5) is 7.58. The smallest absolute Gasteiger partial charge is 0.134 e. The third-order valence-corrected chi connectivity index (χ3v) is 3.13. The summed E-state index contributed by atoms with van der Waals surface area (Å²) in [6.07, 6.45) is 0. The van der Waals surface area contributed by atoms with Gasteiger partial charge >= 0.3 is 0 Å². The van der Waals surface area contributed by atoms with Crippen molar-refractivity contribution in [2.24, 2.45) is 0 Å². The van der Waals surface area contributed by atoms with Crippen LogP contribution in [0.1, 0.15) is 23.9 Å². The maximum absolute atomic E-state index is 5.38. The van der Waals surface area contributed by atoms with Gasteiger partial charge in [-0.15, -0.1) is 0 Å². The minimum Gasteiger partial charge on any atom is -0.374 e. The second-order valence-electron chi connectivity index (χ2n) is 4.54. The predicted octanol–water partition coefficient (Wildman–Crippen LogP) is 3.96. The van der Waals surface area contributed by atoms with Crippen LogP contribution in [0.3, 0.4) is 0 Å². The maximum Gasteiger partial charge on any atom is 0.134 e. The van der Waals surface area contributed by atoms with Gasteiger partial charge in [-0.3, -0.25) is 0 Å². The van der Waals surface area contributed by atoms with Crippen molar-refractivity contribution >= 4 is 12.2 Å². The van der Waals surface area contributed by atoms with Crippen molar-refractivity contribution in [3.05, 3.63) is 45.9 Å². The molecule has 0 amide bonds. The first-order valence-corrected chi connectivity index (χ1v) is 6.76. The SMILES string of the molecule is CCOCc1nc(=S)cc(-c2cc(C)ccc2C)[nH]1. The lowest BCUT2D eigenvalue weighted by molar-refractivity contribution is 0.128. The zero-order valence-corrected chi connectivity index (χ0v) is 12.3. The number of ether oxygens (including phenoxy) is 1. The molecule has 0 atom stereocenters. The zero-order valence-electron chi connectivity index (χ0n) is 11.5. The third-order valence-electron chi connectivity index (χ3n) is 2.92. The molecule has 0 spiro atoms. The lowest BCUT2D eigenvalue weighted by atomic mass is 10.0. The minimum atomic E-state index is 0.457. The Balaban J connectivity index is 2.46. The van der Waals surface area contributed by atoms with E-state index in [1.54, 1.807) is 0 Å². The Morgan fingerprint density at radius 3 is 2.79 bits per heavy atom. The second-order valence-corrected chi connectivity index (χ2v) is 4.95. The molecule has 3 nitrogen and oxygen atoms in total. The Morgan fingerprint density at radius 2 is 2.05 bits per heavy atom. The highest BCUT2D eigenvalue weighted by atomic mass is 32.1. The van der Waals surface area contributed by atoms with Gasteiger partial charge in [0.25, 0.3) is 0 Å². The van der Waals surface area contributed by atoms with Crippen molar-refractivity contribution in [2.75, 3.05) is 6.61 Å². The van der Waals surface area contributed by atoms with Crippen molar-refractivity contribution in [3.8, 4) is 11.3 Å².